The number of carbonyl (C=O) groups is 4. The van der Waals surface area contributed by atoms with Crippen LogP contribution >= 0.6 is 11.3 Å². The third kappa shape index (κ3) is 4.86. The molecule has 0 bridgehead atoms. The van der Waals surface area contributed by atoms with Gasteiger partial charge in [-0.1, -0.05) is 5.16 Å². The maximum Gasteiger partial charge on any atom is 0.410 e. The Morgan fingerprint density at radius 3 is 2.69 bits per heavy atom. The van der Waals surface area contributed by atoms with Gasteiger partial charge in [-0.2, -0.15) is 8.42 Å². The van der Waals surface area contributed by atoms with E-state index in [-0.39, 0.29) is 34.8 Å². The number of ether oxygens (including phenoxy) is 1. The van der Waals surface area contributed by atoms with Crippen molar-refractivity contribution >= 4 is 56.4 Å². The highest BCUT2D eigenvalue weighted by Gasteiger charge is 2.55. The lowest BCUT2D eigenvalue weighted by atomic mass is 9.97. The molecule has 3 rings (SSSR count). The van der Waals surface area contributed by atoms with Gasteiger partial charge < -0.3 is 30.6 Å². The van der Waals surface area contributed by atoms with Crippen molar-refractivity contribution in [2.24, 2.45) is 5.16 Å². The molecule has 2 saturated heterocycles. The summed E-state index contributed by atoms with van der Waals surface area (Å²) in [6.07, 6.45) is -0.757. The number of nitrogens with one attached hydrogen (secondary N) is 1. The SMILES string of the molecule is Nc1nc(/C(=N/OCC(=O)O)C(=O)NC2C(=O)N(S(=O)(=O)O)[C@@H]2CN2CCOC2=O)cs1. The molecule has 18 heteroatoms. The van der Waals surface area contributed by atoms with Crippen molar-refractivity contribution in [2.45, 2.75) is 12.1 Å². The normalized spacial score (nSPS) is 21.2. The maximum absolute atomic E-state index is 12.7. The molecular formula is C14H16N6O10S2. The second kappa shape index (κ2) is 8.93. The van der Waals surface area contributed by atoms with Crippen molar-refractivity contribution in [2.75, 3.05) is 32.0 Å². The topological polar surface area (TPSA) is 231 Å². The lowest BCUT2D eigenvalue weighted by molar-refractivity contribution is -0.145. The highest BCUT2D eigenvalue weighted by Crippen LogP contribution is 2.26. The summed E-state index contributed by atoms with van der Waals surface area (Å²) in [6.45, 7) is -1.08. The maximum atomic E-state index is 12.7. The van der Waals surface area contributed by atoms with Crippen LogP contribution < -0.4 is 11.1 Å². The molecule has 5 N–H and O–H groups in total. The predicted molar refractivity (Wildman–Crippen MR) is 104 cm³/mol. The smallest absolute Gasteiger partial charge is 0.410 e. The quantitative estimate of drug-likeness (QED) is 0.121. The molecule has 0 radical (unpaired) electrons. The van der Waals surface area contributed by atoms with Crippen molar-refractivity contribution in [1.29, 1.82) is 0 Å². The number of nitrogens with zero attached hydrogens (tertiary/aromatic N) is 4. The van der Waals surface area contributed by atoms with Gasteiger partial charge in [0.2, 0.25) is 6.61 Å². The summed E-state index contributed by atoms with van der Waals surface area (Å²) in [5, 5.41) is 15.7. The zero-order chi connectivity index (χ0) is 23.6. The van der Waals surface area contributed by atoms with Crippen molar-refractivity contribution in [1.82, 2.24) is 19.5 Å². The van der Waals surface area contributed by atoms with Gasteiger partial charge in [0.1, 0.15) is 18.3 Å². The summed E-state index contributed by atoms with van der Waals surface area (Å²) in [5.74, 6) is -3.60. The number of nitrogen functional groups attached to an aromatic ring is 1. The minimum Gasteiger partial charge on any atom is -0.479 e. The van der Waals surface area contributed by atoms with Crippen molar-refractivity contribution in [3.8, 4) is 0 Å². The molecule has 0 aliphatic carbocycles. The van der Waals surface area contributed by atoms with Gasteiger partial charge in [-0.3, -0.25) is 14.1 Å². The number of thiazole rings is 1. The average Bonchev–Trinajstić information content (AvgIpc) is 3.29. The third-order valence-corrected chi connectivity index (χ3v) is 5.90. The van der Waals surface area contributed by atoms with E-state index in [1.54, 1.807) is 0 Å². The van der Waals surface area contributed by atoms with E-state index in [0.29, 0.717) is 0 Å². The lowest BCUT2D eigenvalue weighted by Gasteiger charge is -2.45. The van der Waals surface area contributed by atoms with Gasteiger partial charge in [-0.25, -0.2) is 18.9 Å². The minimum atomic E-state index is -4.98. The second-order valence-electron chi connectivity index (χ2n) is 6.37. The van der Waals surface area contributed by atoms with Crippen LogP contribution in [-0.4, -0.2) is 100 Å². The Morgan fingerprint density at radius 1 is 1.44 bits per heavy atom. The van der Waals surface area contributed by atoms with Gasteiger partial charge in [0.15, 0.2) is 10.8 Å². The molecule has 1 aromatic heterocycles. The molecule has 3 amide bonds. The molecule has 3 heterocycles. The van der Waals surface area contributed by atoms with Gasteiger partial charge in [-0.15, -0.1) is 11.3 Å². The molecule has 2 fully saturated rings. The molecule has 16 nitrogen and oxygen atoms in total. The number of carboxylic acid groups (broad SMARTS) is 1. The van der Waals surface area contributed by atoms with Crippen molar-refractivity contribution in [3.05, 3.63) is 11.1 Å². The van der Waals surface area contributed by atoms with Gasteiger partial charge in [0.25, 0.3) is 11.8 Å². The summed E-state index contributed by atoms with van der Waals surface area (Å²) >= 11 is 0.943. The molecule has 174 valence electrons. The second-order valence-corrected chi connectivity index (χ2v) is 8.55. The van der Waals surface area contributed by atoms with Crippen LogP contribution in [0.2, 0.25) is 0 Å². The molecule has 0 saturated carbocycles. The number of carboxylic acids is 1. The third-order valence-electron chi connectivity index (χ3n) is 4.28. The molecule has 0 spiro atoms. The molecular weight excluding hydrogens is 476 g/mol. The fraction of sp³-hybridized carbons (Fsp3) is 0.429. The number of hydrogen-bond acceptors (Lipinski definition) is 12. The molecule has 2 atom stereocenters. The van der Waals surface area contributed by atoms with E-state index in [4.69, 9.17) is 15.6 Å². The highest BCUT2D eigenvalue weighted by molar-refractivity contribution is 7.84. The largest absolute Gasteiger partial charge is 0.479 e. The van der Waals surface area contributed by atoms with Crippen LogP contribution in [0.4, 0.5) is 9.93 Å². The van der Waals surface area contributed by atoms with E-state index in [1.807, 2.05) is 0 Å². The number of nitrogens with two attached hydrogens (primary N) is 1. The Labute approximate surface area is 183 Å². The summed E-state index contributed by atoms with van der Waals surface area (Å²) < 4.78 is 37.4. The Bertz CT molecular complexity index is 1090. The standard InChI is InChI=1S/C14H16N6O10S2/c15-13-16-6(5-31-13)9(18-30-4-8(21)22)11(23)17-10-7(3-19-1-2-29-14(19)25)20(12(10)24)32(26,27)28/h5,7,10H,1-4H2,(H2,15,16)(H,17,23)(H,21,22)(H,26,27,28)/b18-9-/t7-,10?/m1/s1. The van der Waals surface area contributed by atoms with E-state index in [0.717, 1.165) is 16.2 Å². The molecule has 32 heavy (non-hydrogen) atoms. The predicted octanol–water partition coefficient (Wildman–Crippen LogP) is -2.52. The number of oxime groups is 1. The Balaban J connectivity index is 1.82. The fourth-order valence-electron chi connectivity index (χ4n) is 2.92. The average molecular weight is 492 g/mol. The number of amides is 3. The summed E-state index contributed by atoms with van der Waals surface area (Å²) in [4.78, 5) is 56.9. The first kappa shape index (κ1) is 23.2. The van der Waals surface area contributed by atoms with Crippen molar-refractivity contribution in [3.63, 3.8) is 0 Å². The molecule has 0 aromatic carbocycles. The van der Waals surface area contributed by atoms with E-state index in [2.05, 4.69) is 20.3 Å². The monoisotopic (exact) mass is 492 g/mol. The van der Waals surface area contributed by atoms with E-state index in [1.165, 1.54) is 5.38 Å². The number of carbonyl (C=O) groups excluding carboxylic acids is 3. The van der Waals surface area contributed by atoms with Crippen LogP contribution in [0.15, 0.2) is 10.5 Å². The Morgan fingerprint density at radius 2 is 2.16 bits per heavy atom. The number of aromatic nitrogens is 1. The first-order chi connectivity index (χ1) is 15.0. The molecule has 2 aliphatic rings. The number of hydrogen-bond donors (Lipinski definition) is 4. The summed E-state index contributed by atoms with van der Waals surface area (Å²) in [6, 6.07) is -2.81. The number of cyclic esters (lactones) is 1. The van der Waals surface area contributed by atoms with E-state index >= 15 is 0 Å². The van der Waals surface area contributed by atoms with Crippen LogP contribution in [0.1, 0.15) is 5.69 Å². The Hall–Kier alpha value is -3.51. The molecule has 1 unspecified atom stereocenters. The molecule has 1 aromatic rings. The van der Waals surface area contributed by atoms with E-state index < -0.39 is 58.6 Å². The van der Waals surface area contributed by atoms with Crippen LogP contribution in [0.3, 0.4) is 0 Å². The van der Waals surface area contributed by atoms with Crippen molar-refractivity contribution < 1.29 is 46.8 Å². The zero-order valence-corrected chi connectivity index (χ0v) is 17.5. The molecule has 2 aliphatic heterocycles. The Kier molecular flexibility index (Phi) is 6.46. The van der Waals surface area contributed by atoms with Crippen LogP contribution in [-0.2, 0) is 34.3 Å². The first-order valence-electron chi connectivity index (χ1n) is 8.65. The van der Waals surface area contributed by atoms with Gasteiger partial charge in [0, 0.05) is 11.9 Å². The highest BCUT2D eigenvalue weighted by atomic mass is 32.2. The number of aliphatic carboxylic acids is 1. The summed E-state index contributed by atoms with van der Waals surface area (Å²) in [5.41, 5.74) is 4.91. The van der Waals surface area contributed by atoms with Crippen LogP contribution in [0, 0.1) is 0 Å². The summed E-state index contributed by atoms with van der Waals surface area (Å²) in [7, 11) is -4.98. The number of β-lactam (4-membered cyclic amide) rings is 1. The lowest BCUT2D eigenvalue weighted by Crippen LogP contribution is -2.74. The minimum absolute atomic E-state index is 0.0470. The van der Waals surface area contributed by atoms with E-state index in [9.17, 15) is 32.1 Å². The van der Waals surface area contributed by atoms with Crippen LogP contribution in [0.5, 0.6) is 0 Å². The fourth-order valence-corrected chi connectivity index (χ4v) is 4.34. The zero-order valence-electron chi connectivity index (χ0n) is 15.9. The first-order valence-corrected chi connectivity index (χ1v) is 10.9. The van der Waals surface area contributed by atoms with Gasteiger partial charge in [-0.05, 0) is 0 Å². The number of anilines is 1. The van der Waals surface area contributed by atoms with Gasteiger partial charge >= 0.3 is 22.4 Å². The van der Waals surface area contributed by atoms with Gasteiger partial charge in [0.05, 0.1) is 12.6 Å². The number of rotatable bonds is 9. The van der Waals surface area contributed by atoms with Crippen LogP contribution in [0.25, 0.3) is 0 Å².